The van der Waals surface area contributed by atoms with Crippen molar-refractivity contribution in [3.05, 3.63) is 69.6 Å². The van der Waals surface area contributed by atoms with Gasteiger partial charge in [-0.25, -0.2) is 0 Å². The van der Waals surface area contributed by atoms with Gasteiger partial charge in [0.05, 0.1) is 6.42 Å². The number of hydrogen-bond donors (Lipinski definition) is 5. The topological polar surface area (TPSA) is 185 Å². The summed E-state index contributed by atoms with van der Waals surface area (Å²) in [5.41, 5.74) is 9.50. The zero-order valence-corrected chi connectivity index (χ0v) is 15.6. The molecule has 0 bridgehead atoms. The monoisotopic (exact) mass is 413 g/mol. The minimum absolute atomic E-state index is 0.154. The number of aromatic hydroxyl groups is 2. The third-order valence-electron chi connectivity index (χ3n) is 4.03. The van der Waals surface area contributed by atoms with E-state index in [2.05, 4.69) is 20.7 Å². The van der Waals surface area contributed by atoms with Crippen LogP contribution in [0.1, 0.15) is 32.7 Å². The second-order valence-corrected chi connectivity index (χ2v) is 6.26. The Bertz CT molecular complexity index is 981. The lowest BCUT2D eigenvalue weighted by Crippen LogP contribution is -2.38. The first-order chi connectivity index (χ1) is 14.3. The van der Waals surface area contributed by atoms with Gasteiger partial charge < -0.3 is 26.0 Å². The predicted molar refractivity (Wildman–Crippen MR) is 105 cm³/mol. The highest BCUT2D eigenvalue weighted by Crippen LogP contribution is 2.24. The number of carboxylic acids is 1. The van der Waals surface area contributed by atoms with Crippen LogP contribution in [-0.2, 0) is 11.3 Å². The van der Waals surface area contributed by atoms with Crippen LogP contribution in [0.2, 0.25) is 0 Å². The molecule has 11 nitrogen and oxygen atoms in total. The lowest BCUT2D eigenvalue weighted by Gasteiger charge is -2.14. The average Bonchev–Trinajstić information content (AvgIpc) is 2.72. The number of carbonyl (C=O) groups excluding carboxylic acids is 2. The van der Waals surface area contributed by atoms with Gasteiger partial charge in [-0.15, -0.1) is 0 Å². The largest absolute Gasteiger partial charge is 0.504 e. The van der Waals surface area contributed by atoms with E-state index in [9.17, 15) is 24.6 Å². The molecule has 0 heterocycles. The van der Waals surface area contributed by atoms with E-state index in [0.717, 1.165) is 6.07 Å². The van der Waals surface area contributed by atoms with Gasteiger partial charge in [0, 0.05) is 35.2 Å². The highest BCUT2D eigenvalue weighted by molar-refractivity contribution is 5.95. The number of phenolic OH excluding ortho intramolecular Hbond substituents is 2. The molecule has 0 aliphatic carbocycles. The molecule has 0 fully saturated rings. The van der Waals surface area contributed by atoms with Crippen molar-refractivity contribution in [2.45, 2.75) is 19.0 Å². The quantitative estimate of drug-likeness (QED) is 0.181. The Hall–Kier alpha value is -4.24. The van der Waals surface area contributed by atoms with E-state index in [1.54, 1.807) is 12.1 Å². The molecule has 5 N–H and O–H groups in total. The summed E-state index contributed by atoms with van der Waals surface area (Å²) in [5, 5.41) is 36.0. The van der Waals surface area contributed by atoms with E-state index < -0.39 is 29.6 Å². The number of rotatable bonds is 9. The molecule has 0 radical (unpaired) electrons. The Morgan fingerprint density at radius 3 is 2.27 bits per heavy atom. The van der Waals surface area contributed by atoms with Gasteiger partial charge in [0.2, 0.25) is 0 Å². The molecule has 156 valence electrons. The standard InChI is InChI=1S/C19H19N5O6/c20-24-22-10-14(8-17(27)28)23-19(30)12-3-1-11(2-4-12)9-21-18(29)13-5-6-15(25)16(26)7-13/h1-7,14,25-26H,8-10H2,(H,21,29)(H,23,30)(H,27,28)/t14-/m0/s1. The van der Waals surface area contributed by atoms with E-state index in [0.29, 0.717) is 5.56 Å². The number of aliphatic carboxylic acids is 1. The van der Waals surface area contributed by atoms with Gasteiger partial charge in [-0.3, -0.25) is 14.4 Å². The van der Waals surface area contributed by atoms with Crippen LogP contribution in [0.25, 0.3) is 10.4 Å². The van der Waals surface area contributed by atoms with Crippen LogP contribution in [0.3, 0.4) is 0 Å². The molecular weight excluding hydrogens is 394 g/mol. The molecule has 2 rings (SSSR count). The molecule has 0 saturated heterocycles. The molecule has 30 heavy (non-hydrogen) atoms. The van der Waals surface area contributed by atoms with Gasteiger partial charge in [0.15, 0.2) is 11.5 Å². The minimum atomic E-state index is -1.14. The zero-order valence-electron chi connectivity index (χ0n) is 15.6. The molecule has 0 spiro atoms. The van der Waals surface area contributed by atoms with Crippen LogP contribution >= 0.6 is 0 Å². The summed E-state index contributed by atoms with van der Waals surface area (Å²) >= 11 is 0. The van der Waals surface area contributed by atoms with Crippen molar-refractivity contribution in [1.29, 1.82) is 0 Å². The van der Waals surface area contributed by atoms with Crippen molar-refractivity contribution in [3.63, 3.8) is 0 Å². The smallest absolute Gasteiger partial charge is 0.305 e. The summed E-state index contributed by atoms with van der Waals surface area (Å²) in [6.45, 7) is -0.0354. The normalized spacial score (nSPS) is 11.1. The average molecular weight is 413 g/mol. The fourth-order valence-electron chi connectivity index (χ4n) is 2.50. The van der Waals surface area contributed by atoms with Crippen molar-refractivity contribution in [2.75, 3.05) is 6.54 Å². The van der Waals surface area contributed by atoms with Gasteiger partial charge in [0.1, 0.15) is 0 Å². The Morgan fingerprint density at radius 2 is 1.67 bits per heavy atom. The summed E-state index contributed by atoms with van der Waals surface area (Å²) in [4.78, 5) is 37.8. The van der Waals surface area contributed by atoms with Gasteiger partial charge in [-0.05, 0) is 41.4 Å². The van der Waals surface area contributed by atoms with Crippen LogP contribution < -0.4 is 10.6 Å². The van der Waals surface area contributed by atoms with Crippen LogP contribution in [0, 0.1) is 0 Å². The molecule has 2 amide bonds. The summed E-state index contributed by atoms with van der Waals surface area (Å²) in [5.74, 6) is -2.85. The summed E-state index contributed by atoms with van der Waals surface area (Å²) in [7, 11) is 0. The SMILES string of the molecule is [N-]=[N+]=NC[C@H](CC(=O)O)NC(=O)c1ccc(CNC(=O)c2ccc(O)c(O)c2)cc1. The Balaban J connectivity index is 1.95. The Kier molecular flexibility index (Phi) is 7.60. The number of carboxylic acid groups (broad SMARTS) is 1. The van der Waals surface area contributed by atoms with Crippen LogP contribution in [0.4, 0.5) is 0 Å². The van der Waals surface area contributed by atoms with E-state index in [-0.39, 0.29) is 36.4 Å². The maximum atomic E-state index is 12.3. The van der Waals surface area contributed by atoms with E-state index in [1.807, 2.05) is 0 Å². The molecule has 11 heteroatoms. The summed E-state index contributed by atoms with van der Waals surface area (Å²) in [6, 6.07) is 9.11. The van der Waals surface area contributed by atoms with E-state index in [4.69, 9.17) is 10.6 Å². The van der Waals surface area contributed by atoms with Crippen molar-refractivity contribution >= 4 is 17.8 Å². The third kappa shape index (κ3) is 6.43. The predicted octanol–water partition coefficient (Wildman–Crippen LogP) is 1.91. The zero-order chi connectivity index (χ0) is 22.1. The van der Waals surface area contributed by atoms with Crippen LogP contribution in [-0.4, -0.2) is 45.7 Å². The van der Waals surface area contributed by atoms with E-state index in [1.165, 1.54) is 24.3 Å². The fourth-order valence-corrected chi connectivity index (χ4v) is 2.50. The molecule has 0 unspecified atom stereocenters. The van der Waals surface area contributed by atoms with Gasteiger partial charge >= 0.3 is 5.97 Å². The number of hydrogen-bond acceptors (Lipinski definition) is 6. The number of benzene rings is 2. The number of carbonyl (C=O) groups is 3. The maximum Gasteiger partial charge on any atom is 0.305 e. The van der Waals surface area contributed by atoms with Crippen molar-refractivity contribution in [3.8, 4) is 11.5 Å². The van der Waals surface area contributed by atoms with Gasteiger partial charge in [-0.2, -0.15) is 0 Å². The van der Waals surface area contributed by atoms with Gasteiger partial charge in [0.25, 0.3) is 11.8 Å². The molecule has 0 aliphatic heterocycles. The van der Waals surface area contributed by atoms with E-state index >= 15 is 0 Å². The molecular formula is C19H19N5O6. The minimum Gasteiger partial charge on any atom is -0.504 e. The number of azide groups is 1. The second kappa shape index (κ2) is 10.3. The molecule has 0 aliphatic rings. The second-order valence-electron chi connectivity index (χ2n) is 6.26. The van der Waals surface area contributed by atoms with Crippen LogP contribution in [0.5, 0.6) is 11.5 Å². The first-order valence-corrected chi connectivity index (χ1v) is 8.72. The molecule has 0 saturated carbocycles. The highest BCUT2D eigenvalue weighted by Gasteiger charge is 2.16. The molecule has 0 aromatic heterocycles. The molecule has 2 aromatic rings. The van der Waals surface area contributed by atoms with Crippen LogP contribution in [0.15, 0.2) is 47.6 Å². The lowest BCUT2D eigenvalue weighted by atomic mass is 10.1. The maximum absolute atomic E-state index is 12.3. The summed E-state index contributed by atoms with van der Waals surface area (Å²) < 4.78 is 0. The highest BCUT2D eigenvalue weighted by atomic mass is 16.4. The molecule has 2 aromatic carbocycles. The van der Waals surface area contributed by atoms with Gasteiger partial charge in [-0.1, -0.05) is 17.2 Å². The number of phenols is 2. The molecule has 1 atom stereocenters. The Labute approximate surface area is 170 Å². The third-order valence-corrected chi connectivity index (χ3v) is 4.03. The fraction of sp³-hybridized carbons (Fsp3) is 0.211. The summed E-state index contributed by atoms with van der Waals surface area (Å²) in [6.07, 6.45) is -0.387. The number of nitrogens with one attached hydrogen (secondary N) is 2. The van der Waals surface area contributed by atoms with Crippen molar-refractivity contribution < 1.29 is 29.7 Å². The first-order valence-electron chi connectivity index (χ1n) is 8.72. The Morgan fingerprint density at radius 1 is 1.00 bits per heavy atom. The van der Waals surface area contributed by atoms with Crippen molar-refractivity contribution in [1.82, 2.24) is 10.6 Å². The first kappa shape index (κ1) is 22.1. The number of nitrogens with zero attached hydrogens (tertiary/aromatic N) is 3. The number of amides is 2. The lowest BCUT2D eigenvalue weighted by molar-refractivity contribution is -0.137. The van der Waals surface area contributed by atoms with Crippen molar-refractivity contribution in [2.24, 2.45) is 5.11 Å².